The Labute approximate surface area is 155 Å². The molecule has 0 spiro atoms. The topological polar surface area (TPSA) is 49.3 Å². The van der Waals surface area contributed by atoms with Gasteiger partial charge in [0.25, 0.3) is 5.91 Å². The highest BCUT2D eigenvalue weighted by atomic mass is 35.5. The number of piperazine rings is 1. The summed E-state index contributed by atoms with van der Waals surface area (Å²) in [5.41, 5.74) is -0.0256. The third-order valence-corrected chi connectivity index (χ3v) is 5.10. The van der Waals surface area contributed by atoms with Gasteiger partial charge >= 0.3 is 0 Å². The Morgan fingerprint density at radius 1 is 1.24 bits per heavy atom. The van der Waals surface area contributed by atoms with Crippen molar-refractivity contribution in [1.82, 2.24) is 14.3 Å². The van der Waals surface area contributed by atoms with Crippen molar-refractivity contribution in [2.75, 3.05) is 31.1 Å². The Morgan fingerprint density at radius 3 is 2.48 bits per heavy atom. The highest BCUT2D eigenvalue weighted by Gasteiger charge is 2.27. The second-order valence-corrected chi connectivity index (χ2v) is 8.22. The van der Waals surface area contributed by atoms with Crippen LogP contribution in [0.4, 0.5) is 9.52 Å². The monoisotopic (exact) mass is 382 g/mol. The highest BCUT2D eigenvalue weighted by molar-refractivity contribution is 7.09. The van der Waals surface area contributed by atoms with E-state index in [2.05, 4.69) is 35.0 Å². The molecule has 25 heavy (non-hydrogen) atoms. The van der Waals surface area contributed by atoms with Gasteiger partial charge in [-0.1, -0.05) is 32.4 Å². The van der Waals surface area contributed by atoms with Crippen molar-refractivity contribution in [3.63, 3.8) is 0 Å². The van der Waals surface area contributed by atoms with Crippen molar-refractivity contribution < 1.29 is 9.18 Å². The molecule has 1 saturated heterocycles. The molecule has 5 nitrogen and oxygen atoms in total. The van der Waals surface area contributed by atoms with Gasteiger partial charge in [0.05, 0.1) is 5.56 Å². The van der Waals surface area contributed by atoms with E-state index in [0.717, 1.165) is 11.0 Å². The smallest absolute Gasteiger partial charge is 0.256 e. The van der Waals surface area contributed by atoms with Crippen molar-refractivity contribution in [2.45, 2.75) is 26.2 Å². The number of halogens is 2. The first kappa shape index (κ1) is 18.1. The molecule has 1 aromatic heterocycles. The maximum absolute atomic E-state index is 14.0. The second kappa shape index (κ2) is 6.88. The first-order chi connectivity index (χ1) is 11.8. The van der Waals surface area contributed by atoms with Gasteiger partial charge in [-0.15, -0.1) is 0 Å². The van der Waals surface area contributed by atoms with E-state index in [1.165, 1.54) is 29.7 Å². The van der Waals surface area contributed by atoms with E-state index >= 15 is 0 Å². The van der Waals surface area contributed by atoms with Crippen LogP contribution < -0.4 is 4.90 Å². The molecule has 0 bridgehead atoms. The summed E-state index contributed by atoms with van der Waals surface area (Å²) >= 11 is 7.12. The molecule has 0 saturated carbocycles. The summed E-state index contributed by atoms with van der Waals surface area (Å²) in [5, 5.41) is 1.15. The SMILES string of the molecule is CC(C)(C)c1nsc(N2CCN(C(=O)c3ccc(Cl)cc3F)CC2)n1. The zero-order valence-corrected chi connectivity index (χ0v) is 16.0. The van der Waals surface area contributed by atoms with Gasteiger partial charge in [0.2, 0.25) is 5.13 Å². The second-order valence-electron chi connectivity index (χ2n) is 7.05. The minimum absolute atomic E-state index is 0.0591. The molecule has 1 amide bonds. The Bertz CT molecular complexity index is 781. The number of aromatic nitrogens is 2. The van der Waals surface area contributed by atoms with Crippen molar-refractivity contribution in [3.05, 3.63) is 40.4 Å². The number of hydrogen-bond donors (Lipinski definition) is 0. The molecule has 1 aliphatic heterocycles. The fraction of sp³-hybridized carbons (Fsp3) is 0.471. The predicted molar refractivity (Wildman–Crippen MR) is 98.1 cm³/mol. The number of carbonyl (C=O) groups is 1. The van der Waals surface area contributed by atoms with Crippen molar-refractivity contribution in [1.29, 1.82) is 0 Å². The molecule has 2 aromatic rings. The van der Waals surface area contributed by atoms with Crippen LogP contribution in [0.3, 0.4) is 0 Å². The molecular formula is C17H20ClFN4OS. The quantitative estimate of drug-likeness (QED) is 0.796. The number of benzene rings is 1. The molecule has 0 atom stereocenters. The Hall–Kier alpha value is -1.73. The molecule has 1 fully saturated rings. The number of rotatable bonds is 2. The van der Waals surface area contributed by atoms with Crippen molar-refractivity contribution >= 4 is 34.2 Å². The van der Waals surface area contributed by atoms with Crippen LogP contribution in [0.5, 0.6) is 0 Å². The molecule has 0 aliphatic carbocycles. The predicted octanol–water partition coefficient (Wildman–Crippen LogP) is 3.59. The first-order valence-corrected chi connectivity index (χ1v) is 9.24. The Morgan fingerprint density at radius 2 is 1.92 bits per heavy atom. The van der Waals surface area contributed by atoms with Gasteiger partial charge in [-0.2, -0.15) is 4.37 Å². The number of carbonyl (C=O) groups excluding carboxylic acids is 1. The van der Waals surface area contributed by atoms with Crippen LogP contribution in [-0.4, -0.2) is 46.3 Å². The number of nitrogens with zero attached hydrogens (tertiary/aromatic N) is 4. The molecule has 134 valence electrons. The molecular weight excluding hydrogens is 363 g/mol. The molecule has 0 unspecified atom stereocenters. The third-order valence-electron chi connectivity index (χ3n) is 4.09. The fourth-order valence-electron chi connectivity index (χ4n) is 2.58. The van der Waals surface area contributed by atoms with Crippen LogP contribution >= 0.6 is 23.1 Å². The number of hydrogen-bond acceptors (Lipinski definition) is 5. The van der Waals surface area contributed by atoms with E-state index < -0.39 is 5.82 Å². The van der Waals surface area contributed by atoms with Crippen LogP contribution in [0.2, 0.25) is 5.02 Å². The lowest BCUT2D eigenvalue weighted by molar-refractivity contribution is 0.0742. The maximum Gasteiger partial charge on any atom is 0.256 e. The van der Waals surface area contributed by atoms with Gasteiger partial charge in [0.1, 0.15) is 11.6 Å². The standard InChI is InChI=1S/C17H20ClFN4OS/c1-17(2,3)15-20-16(25-21-15)23-8-6-22(7-9-23)14(24)12-5-4-11(18)10-13(12)19/h4-5,10H,6-9H2,1-3H3. The summed E-state index contributed by atoms with van der Waals surface area (Å²) in [6, 6.07) is 4.14. The first-order valence-electron chi connectivity index (χ1n) is 8.09. The number of amides is 1. The zero-order chi connectivity index (χ0) is 18.2. The number of anilines is 1. The fourth-order valence-corrected chi connectivity index (χ4v) is 3.65. The van der Waals surface area contributed by atoms with Crippen LogP contribution in [0.1, 0.15) is 37.0 Å². The summed E-state index contributed by atoms with van der Waals surface area (Å²) in [6.07, 6.45) is 0. The van der Waals surface area contributed by atoms with E-state index in [1.807, 2.05) is 0 Å². The average Bonchev–Trinajstić information content (AvgIpc) is 3.05. The molecule has 1 aromatic carbocycles. The molecule has 2 heterocycles. The Kier molecular flexibility index (Phi) is 4.97. The van der Waals surface area contributed by atoms with Gasteiger partial charge in [0.15, 0.2) is 0 Å². The minimum Gasteiger partial charge on any atom is -0.343 e. The summed E-state index contributed by atoms with van der Waals surface area (Å²) < 4.78 is 18.4. The molecule has 3 rings (SSSR count). The largest absolute Gasteiger partial charge is 0.343 e. The summed E-state index contributed by atoms with van der Waals surface area (Å²) in [6.45, 7) is 8.58. The van der Waals surface area contributed by atoms with Crippen LogP contribution in [-0.2, 0) is 5.41 Å². The molecule has 1 aliphatic rings. The average molecular weight is 383 g/mol. The van der Waals surface area contributed by atoms with Crippen LogP contribution in [0.15, 0.2) is 18.2 Å². The summed E-state index contributed by atoms with van der Waals surface area (Å²) in [4.78, 5) is 20.9. The van der Waals surface area contributed by atoms with Crippen molar-refractivity contribution in [3.8, 4) is 0 Å². The van der Waals surface area contributed by atoms with Gasteiger partial charge < -0.3 is 9.80 Å². The molecule has 0 radical (unpaired) electrons. The molecule has 0 N–H and O–H groups in total. The lowest BCUT2D eigenvalue weighted by Gasteiger charge is -2.34. The van der Waals surface area contributed by atoms with Gasteiger partial charge in [0, 0.05) is 48.1 Å². The van der Waals surface area contributed by atoms with Crippen molar-refractivity contribution in [2.24, 2.45) is 0 Å². The van der Waals surface area contributed by atoms with Gasteiger partial charge in [-0.3, -0.25) is 4.79 Å². The zero-order valence-electron chi connectivity index (χ0n) is 14.4. The van der Waals surface area contributed by atoms with E-state index in [9.17, 15) is 9.18 Å². The van der Waals surface area contributed by atoms with Crippen LogP contribution in [0.25, 0.3) is 0 Å². The minimum atomic E-state index is -0.584. The lowest BCUT2D eigenvalue weighted by Crippen LogP contribution is -2.49. The third kappa shape index (κ3) is 3.93. The van der Waals surface area contributed by atoms with Gasteiger partial charge in [-0.05, 0) is 18.2 Å². The van der Waals surface area contributed by atoms with E-state index in [0.29, 0.717) is 26.2 Å². The summed E-state index contributed by atoms with van der Waals surface area (Å²) in [7, 11) is 0. The van der Waals surface area contributed by atoms with E-state index in [1.54, 1.807) is 4.90 Å². The highest BCUT2D eigenvalue weighted by Crippen LogP contribution is 2.26. The van der Waals surface area contributed by atoms with E-state index in [-0.39, 0.29) is 21.9 Å². The molecule has 8 heteroatoms. The summed E-state index contributed by atoms with van der Waals surface area (Å²) in [5.74, 6) is -0.0606. The maximum atomic E-state index is 14.0. The van der Waals surface area contributed by atoms with Crippen LogP contribution in [0, 0.1) is 5.82 Å². The normalized spacial score (nSPS) is 15.6. The van der Waals surface area contributed by atoms with E-state index in [4.69, 9.17) is 11.6 Å². The van der Waals surface area contributed by atoms with Gasteiger partial charge in [-0.25, -0.2) is 9.37 Å². The Balaban J connectivity index is 1.65. The lowest BCUT2D eigenvalue weighted by atomic mass is 9.96.